The van der Waals surface area contributed by atoms with Crippen molar-refractivity contribution in [2.24, 2.45) is 0 Å². The Hall–Kier alpha value is -1.14. The topological polar surface area (TPSA) is 62.3 Å². The molecule has 1 fully saturated rings. The number of sulfone groups is 1. The monoisotopic (exact) mass is 297 g/mol. The van der Waals surface area contributed by atoms with E-state index in [2.05, 4.69) is 28.2 Å². The van der Waals surface area contributed by atoms with Crippen molar-refractivity contribution in [1.29, 1.82) is 0 Å². The normalized spacial score (nSPS) is 18.8. The zero-order valence-electron chi connectivity index (χ0n) is 12.2. The summed E-state index contributed by atoms with van der Waals surface area (Å²) in [5.74, 6) is 0.547. The fraction of sp³-hybridized carbons (Fsp3) is 0.643. The van der Waals surface area contributed by atoms with Crippen LogP contribution in [0.1, 0.15) is 24.6 Å². The van der Waals surface area contributed by atoms with E-state index in [1.165, 1.54) is 0 Å². The molecule has 20 heavy (non-hydrogen) atoms. The molecule has 0 saturated carbocycles. The average molecular weight is 297 g/mol. The number of anilines is 1. The molecule has 0 bridgehead atoms. The third-order valence-electron chi connectivity index (χ3n) is 3.56. The lowest BCUT2D eigenvalue weighted by molar-refractivity contribution is 0.597. The van der Waals surface area contributed by atoms with Gasteiger partial charge in [0.05, 0.1) is 11.5 Å². The molecule has 1 N–H and O–H groups in total. The number of nitrogens with one attached hydrogen (secondary N) is 1. The SMILES string of the molecule is CCNCc1cnc(C)cc1N1CCCS(=O)(=O)CC1. The molecule has 0 unspecified atom stereocenters. The lowest BCUT2D eigenvalue weighted by Crippen LogP contribution is -2.28. The minimum Gasteiger partial charge on any atom is -0.370 e. The summed E-state index contributed by atoms with van der Waals surface area (Å²) in [5.41, 5.74) is 3.22. The van der Waals surface area contributed by atoms with Gasteiger partial charge in [-0.1, -0.05) is 6.92 Å². The number of aromatic nitrogens is 1. The Morgan fingerprint density at radius 2 is 2.15 bits per heavy atom. The molecule has 0 spiro atoms. The van der Waals surface area contributed by atoms with Crippen LogP contribution in [0.2, 0.25) is 0 Å². The van der Waals surface area contributed by atoms with Crippen molar-refractivity contribution in [1.82, 2.24) is 10.3 Å². The summed E-state index contributed by atoms with van der Waals surface area (Å²) >= 11 is 0. The Morgan fingerprint density at radius 1 is 1.35 bits per heavy atom. The van der Waals surface area contributed by atoms with Gasteiger partial charge in [-0.25, -0.2) is 8.42 Å². The van der Waals surface area contributed by atoms with E-state index in [9.17, 15) is 8.42 Å². The molecule has 112 valence electrons. The summed E-state index contributed by atoms with van der Waals surface area (Å²) in [4.78, 5) is 6.54. The first-order valence-electron chi connectivity index (χ1n) is 7.13. The molecular formula is C14H23N3O2S. The van der Waals surface area contributed by atoms with E-state index in [1.54, 1.807) is 0 Å². The summed E-state index contributed by atoms with van der Waals surface area (Å²) in [7, 11) is -2.87. The minimum absolute atomic E-state index is 0.245. The summed E-state index contributed by atoms with van der Waals surface area (Å²) in [6.45, 7) is 7.08. The van der Waals surface area contributed by atoms with E-state index in [-0.39, 0.29) is 5.75 Å². The first kappa shape index (κ1) is 15.3. The largest absolute Gasteiger partial charge is 0.370 e. The third-order valence-corrected chi connectivity index (χ3v) is 5.28. The van der Waals surface area contributed by atoms with Crippen LogP contribution in [0.25, 0.3) is 0 Å². The molecule has 5 nitrogen and oxygen atoms in total. The van der Waals surface area contributed by atoms with Gasteiger partial charge in [0.15, 0.2) is 9.84 Å². The van der Waals surface area contributed by atoms with Gasteiger partial charge in [0.2, 0.25) is 0 Å². The Kier molecular flexibility index (Phi) is 4.99. The van der Waals surface area contributed by atoms with Crippen molar-refractivity contribution in [2.45, 2.75) is 26.8 Å². The van der Waals surface area contributed by atoms with Crippen LogP contribution in [-0.2, 0) is 16.4 Å². The maximum Gasteiger partial charge on any atom is 0.152 e. The van der Waals surface area contributed by atoms with Crippen molar-refractivity contribution < 1.29 is 8.42 Å². The highest BCUT2D eigenvalue weighted by Gasteiger charge is 2.21. The number of hydrogen-bond donors (Lipinski definition) is 1. The number of pyridine rings is 1. The van der Waals surface area contributed by atoms with Gasteiger partial charge in [-0.3, -0.25) is 4.98 Å². The second kappa shape index (κ2) is 6.54. The Morgan fingerprint density at radius 3 is 2.90 bits per heavy atom. The molecule has 1 aliphatic rings. The minimum atomic E-state index is -2.87. The molecule has 2 rings (SSSR count). The smallest absolute Gasteiger partial charge is 0.152 e. The molecule has 0 atom stereocenters. The predicted molar refractivity (Wildman–Crippen MR) is 81.8 cm³/mol. The number of rotatable bonds is 4. The van der Waals surface area contributed by atoms with Crippen molar-refractivity contribution in [2.75, 3.05) is 36.0 Å². The summed E-state index contributed by atoms with van der Waals surface area (Å²) in [6, 6.07) is 2.06. The Balaban J connectivity index is 2.23. The highest BCUT2D eigenvalue weighted by Crippen LogP contribution is 2.23. The highest BCUT2D eigenvalue weighted by atomic mass is 32.2. The van der Waals surface area contributed by atoms with E-state index >= 15 is 0 Å². The van der Waals surface area contributed by atoms with Gasteiger partial charge in [0, 0.05) is 42.8 Å². The summed E-state index contributed by atoms with van der Waals surface area (Å²) < 4.78 is 23.4. The molecule has 0 aliphatic carbocycles. The first-order valence-corrected chi connectivity index (χ1v) is 8.95. The number of hydrogen-bond acceptors (Lipinski definition) is 5. The summed E-state index contributed by atoms with van der Waals surface area (Å²) in [5, 5.41) is 3.31. The van der Waals surface area contributed by atoms with E-state index in [0.717, 1.165) is 36.6 Å². The molecule has 6 heteroatoms. The maximum atomic E-state index is 11.7. The van der Waals surface area contributed by atoms with Crippen molar-refractivity contribution in [3.8, 4) is 0 Å². The second-order valence-corrected chi connectivity index (χ2v) is 7.53. The van der Waals surface area contributed by atoms with Gasteiger partial charge in [-0.05, 0) is 26.0 Å². The molecule has 1 saturated heterocycles. The van der Waals surface area contributed by atoms with Crippen LogP contribution in [0.15, 0.2) is 12.3 Å². The van der Waals surface area contributed by atoms with Gasteiger partial charge in [0.25, 0.3) is 0 Å². The Labute approximate surface area is 121 Å². The fourth-order valence-corrected chi connectivity index (χ4v) is 3.71. The predicted octanol–water partition coefficient (Wildman–Crippen LogP) is 1.12. The maximum absolute atomic E-state index is 11.7. The van der Waals surface area contributed by atoms with Crippen molar-refractivity contribution >= 4 is 15.5 Å². The van der Waals surface area contributed by atoms with Crippen molar-refractivity contribution in [3.05, 3.63) is 23.5 Å². The zero-order valence-corrected chi connectivity index (χ0v) is 13.0. The van der Waals surface area contributed by atoms with Crippen LogP contribution in [0.3, 0.4) is 0 Å². The number of aryl methyl sites for hydroxylation is 1. The first-order chi connectivity index (χ1) is 9.52. The molecule has 2 heterocycles. The lowest BCUT2D eigenvalue weighted by Gasteiger charge is -2.25. The molecule has 0 aromatic carbocycles. The highest BCUT2D eigenvalue weighted by molar-refractivity contribution is 7.91. The lowest BCUT2D eigenvalue weighted by atomic mass is 10.1. The molecule has 0 radical (unpaired) electrons. The fourth-order valence-electron chi connectivity index (χ4n) is 2.44. The zero-order chi connectivity index (χ0) is 14.6. The molecular weight excluding hydrogens is 274 g/mol. The van der Waals surface area contributed by atoms with Gasteiger partial charge >= 0.3 is 0 Å². The third kappa shape index (κ3) is 3.93. The summed E-state index contributed by atoms with van der Waals surface area (Å²) in [6.07, 6.45) is 2.59. The van der Waals surface area contributed by atoms with Gasteiger partial charge in [-0.15, -0.1) is 0 Å². The van der Waals surface area contributed by atoms with E-state index in [1.807, 2.05) is 13.1 Å². The average Bonchev–Trinajstić information content (AvgIpc) is 2.58. The van der Waals surface area contributed by atoms with Crippen LogP contribution >= 0.6 is 0 Å². The van der Waals surface area contributed by atoms with Crippen molar-refractivity contribution in [3.63, 3.8) is 0 Å². The number of nitrogens with zero attached hydrogens (tertiary/aromatic N) is 2. The molecule has 0 amide bonds. The quantitative estimate of drug-likeness (QED) is 0.902. The van der Waals surface area contributed by atoms with Crippen LogP contribution in [-0.4, -0.2) is 44.5 Å². The standard InChI is InChI=1S/C14H23N3O2S/c1-3-15-10-13-11-16-12(2)9-14(13)17-5-4-7-20(18,19)8-6-17/h9,11,15H,3-8,10H2,1-2H3. The van der Waals surface area contributed by atoms with Crippen LogP contribution in [0, 0.1) is 6.92 Å². The van der Waals surface area contributed by atoms with E-state index in [0.29, 0.717) is 18.7 Å². The van der Waals surface area contributed by atoms with Gasteiger partial charge in [-0.2, -0.15) is 0 Å². The van der Waals surface area contributed by atoms with E-state index < -0.39 is 9.84 Å². The second-order valence-electron chi connectivity index (χ2n) is 5.23. The van der Waals surface area contributed by atoms with Crippen LogP contribution in [0.4, 0.5) is 5.69 Å². The van der Waals surface area contributed by atoms with Gasteiger partial charge < -0.3 is 10.2 Å². The Bertz CT molecular complexity index is 558. The van der Waals surface area contributed by atoms with Crippen LogP contribution in [0.5, 0.6) is 0 Å². The van der Waals surface area contributed by atoms with Crippen LogP contribution < -0.4 is 10.2 Å². The van der Waals surface area contributed by atoms with E-state index in [4.69, 9.17) is 0 Å². The molecule has 1 aromatic rings. The molecule has 1 aromatic heterocycles. The molecule has 1 aliphatic heterocycles. The van der Waals surface area contributed by atoms with Gasteiger partial charge in [0.1, 0.15) is 0 Å².